The summed E-state index contributed by atoms with van der Waals surface area (Å²) in [5, 5.41) is 11.2. The van der Waals surface area contributed by atoms with Crippen LogP contribution in [0.25, 0.3) is 11.4 Å². The van der Waals surface area contributed by atoms with E-state index in [0.717, 1.165) is 43.5 Å². The molecule has 0 spiro atoms. The van der Waals surface area contributed by atoms with Crippen molar-refractivity contribution in [3.8, 4) is 11.4 Å². The fourth-order valence-electron chi connectivity index (χ4n) is 3.41. The van der Waals surface area contributed by atoms with Crippen LogP contribution in [0.4, 0.5) is 0 Å². The van der Waals surface area contributed by atoms with Crippen molar-refractivity contribution >= 4 is 5.91 Å². The van der Waals surface area contributed by atoms with E-state index in [1.165, 1.54) is 0 Å². The Morgan fingerprint density at radius 2 is 2.37 bits per heavy atom. The molecule has 3 aromatic rings. The number of carbonyl (C=O) groups excluding carboxylic acids is 1. The Balaban J connectivity index is 1.46. The summed E-state index contributed by atoms with van der Waals surface area (Å²) in [4.78, 5) is 23.2. The number of aromatic nitrogens is 5. The molecular weight excluding hydrogens is 344 g/mol. The van der Waals surface area contributed by atoms with Gasteiger partial charge in [0, 0.05) is 36.7 Å². The van der Waals surface area contributed by atoms with Gasteiger partial charge >= 0.3 is 0 Å². The fourth-order valence-corrected chi connectivity index (χ4v) is 3.41. The number of nitrogens with one attached hydrogen (secondary N) is 1. The predicted octanol–water partition coefficient (Wildman–Crippen LogP) is 2.83. The molecule has 0 aliphatic carbocycles. The van der Waals surface area contributed by atoms with Gasteiger partial charge < -0.3 is 9.42 Å². The molecule has 0 bridgehead atoms. The lowest BCUT2D eigenvalue weighted by atomic mass is 9.97. The van der Waals surface area contributed by atoms with Crippen molar-refractivity contribution < 1.29 is 9.32 Å². The molecule has 140 valence electrons. The molecule has 0 saturated carbocycles. The van der Waals surface area contributed by atoms with Crippen molar-refractivity contribution in [1.29, 1.82) is 0 Å². The molecule has 1 aliphatic rings. The number of aryl methyl sites for hydroxylation is 1. The Kier molecular flexibility index (Phi) is 4.95. The van der Waals surface area contributed by atoms with Crippen LogP contribution in [0.1, 0.15) is 54.2 Å². The number of carbonyl (C=O) groups is 1. The molecule has 0 unspecified atom stereocenters. The Morgan fingerprint density at radius 3 is 3.19 bits per heavy atom. The van der Waals surface area contributed by atoms with Crippen molar-refractivity contribution in [2.24, 2.45) is 0 Å². The number of pyridine rings is 1. The number of hydrogen-bond donors (Lipinski definition) is 1. The van der Waals surface area contributed by atoms with E-state index in [1.54, 1.807) is 12.4 Å². The van der Waals surface area contributed by atoms with Gasteiger partial charge in [-0.25, -0.2) is 0 Å². The van der Waals surface area contributed by atoms with Crippen LogP contribution in [-0.2, 0) is 6.42 Å². The first-order chi connectivity index (χ1) is 13.2. The van der Waals surface area contributed by atoms with Crippen molar-refractivity contribution in [1.82, 2.24) is 30.2 Å². The van der Waals surface area contributed by atoms with Gasteiger partial charge in [0.25, 0.3) is 5.91 Å². The first-order valence-corrected chi connectivity index (χ1v) is 9.32. The zero-order valence-corrected chi connectivity index (χ0v) is 15.3. The number of H-pyrrole nitrogens is 1. The van der Waals surface area contributed by atoms with Gasteiger partial charge in [-0.3, -0.25) is 14.9 Å². The number of amides is 1. The highest BCUT2D eigenvalue weighted by Crippen LogP contribution is 2.28. The summed E-state index contributed by atoms with van der Waals surface area (Å²) >= 11 is 0. The zero-order valence-electron chi connectivity index (χ0n) is 15.3. The Labute approximate surface area is 157 Å². The molecule has 0 radical (unpaired) electrons. The van der Waals surface area contributed by atoms with E-state index in [2.05, 4.69) is 32.2 Å². The number of hydrogen-bond acceptors (Lipinski definition) is 6. The third-order valence-electron chi connectivity index (χ3n) is 4.79. The van der Waals surface area contributed by atoms with Gasteiger partial charge in [-0.1, -0.05) is 18.5 Å². The van der Waals surface area contributed by atoms with E-state index in [9.17, 15) is 4.79 Å². The summed E-state index contributed by atoms with van der Waals surface area (Å²) in [5.41, 5.74) is 2.28. The molecule has 1 amide bonds. The van der Waals surface area contributed by atoms with Crippen LogP contribution in [0.2, 0.25) is 0 Å². The highest BCUT2D eigenvalue weighted by molar-refractivity contribution is 5.92. The predicted molar refractivity (Wildman–Crippen MR) is 98.0 cm³/mol. The minimum atomic E-state index is -0.0506. The zero-order chi connectivity index (χ0) is 18.6. The second kappa shape index (κ2) is 7.69. The molecule has 4 rings (SSSR count). The van der Waals surface area contributed by atoms with Crippen LogP contribution in [0.3, 0.4) is 0 Å². The van der Waals surface area contributed by atoms with E-state index in [4.69, 9.17) is 4.52 Å². The average molecular weight is 366 g/mol. The van der Waals surface area contributed by atoms with Gasteiger partial charge in [0.1, 0.15) is 5.69 Å². The smallest absolute Gasteiger partial charge is 0.274 e. The first-order valence-electron chi connectivity index (χ1n) is 9.32. The lowest BCUT2D eigenvalue weighted by Crippen LogP contribution is -2.39. The highest BCUT2D eigenvalue weighted by Gasteiger charge is 2.30. The Hall–Kier alpha value is -3.03. The van der Waals surface area contributed by atoms with E-state index >= 15 is 0 Å². The van der Waals surface area contributed by atoms with Crippen molar-refractivity contribution in [3.63, 3.8) is 0 Å². The number of aromatic amines is 1. The lowest BCUT2D eigenvalue weighted by Gasteiger charge is -2.30. The third kappa shape index (κ3) is 3.74. The van der Waals surface area contributed by atoms with Crippen molar-refractivity contribution in [2.75, 3.05) is 13.1 Å². The molecule has 27 heavy (non-hydrogen) atoms. The minimum absolute atomic E-state index is 0.0367. The van der Waals surface area contributed by atoms with E-state index in [1.807, 2.05) is 23.1 Å². The number of nitrogens with zero attached hydrogens (tertiary/aromatic N) is 5. The highest BCUT2D eigenvalue weighted by atomic mass is 16.5. The number of piperidine rings is 1. The van der Waals surface area contributed by atoms with E-state index in [0.29, 0.717) is 24.0 Å². The van der Waals surface area contributed by atoms with E-state index in [-0.39, 0.29) is 11.8 Å². The molecule has 1 aliphatic heterocycles. The first kappa shape index (κ1) is 17.4. The van der Waals surface area contributed by atoms with Gasteiger partial charge in [-0.15, -0.1) is 0 Å². The summed E-state index contributed by atoms with van der Waals surface area (Å²) < 4.78 is 5.48. The monoisotopic (exact) mass is 366 g/mol. The molecule has 8 heteroatoms. The molecule has 4 heterocycles. The lowest BCUT2D eigenvalue weighted by molar-refractivity contribution is 0.0689. The van der Waals surface area contributed by atoms with Crippen LogP contribution < -0.4 is 0 Å². The van der Waals surface area contributed by atoms with Gasteiger partial charge in [-0.05, 0) is 37.5 Å². The second-order valence-electron chi connectivity index (χ2n) is 6.82. The quantitative estimate of drug-likeness (QED) is 0.745. The molecule has 3 aromatic heterocycles. The van der Waals surface area contributed by atoms with Gasteiger partial charge in [-0.2, -0.15) is 10.1 Å². The molecular formula is C19H22N6O2. The van der Waals surface area contributed by atoms with Crippen molar-refractivity contribution in [2.45, 2.75) is 38.5 Å². The average Bonchev–Trinajstić information content (AvgIpc) is 3.39. The molecule has 1 fully saturated rings. The SMILES string of the molecule is CCCc1cc(C(=O)N2CCC[C@H](c3nc(-c4cccnc4)no3)C2)n[nH]1. The van der Waals surface area contributed by atoms with Crippen LogP contribution >= 0.6 is 0 Å². The topological polar surface area (TPSA) is 101 Å². The minimum Gasteiger partial charge on any atom is -0.339 e. The Morgan fingerprint density at radius 1 is 1.44 bits per heavy atom. The molecule has 0 aromatic carbocycles. The molecule has 1 N–H and O–H groups in total. The molecule has 1 atom stereocenters. The Bertz CT molecular complexity index is 904. The van der Waals surface area contributed by atoms with Crippen LogP contribution in [0.15, 0.2) is 35.1 Å². The van der Waals surface area contributed by atoms with Crippen LogP contribution in [-0.4, -0.2) is 49.2 Å². The van der Waals surface area contributed by atoms with E-state index < -0.39 is 0 Å². The maximum atomic E-state index is 12.8. The number of rotatable bonds is 5. The third-order valence-corrected chi connectivity index (χ3v) is 4.79. The normalized spacial score (nSPS) is 17.2. The summed E-state index contributed by atoms with van der Waals surface area (Å²) in [7, 11) is 0. The summed E-state index contributed by atoms with van der Waals surface area (Å²) in [6.45, 7) is 3.38. The summed E-state index contributed by atoms with van der Waals surface area (Å²) in [6.07, 6.45) is 7.13. The maximum Gasteiger partial charge on any atom is 0.274 e. The second-order valence-corrected chi connectivity index (χ2v) is 6.82. The maximum absolute atomic E-state index is 12.8. The van der Waals surface area contributed by atoms with Gasteiger partial charge in [0.15, 0.2) is 0 Å². The van der Waals surface area contributed by atoms with Gasteiger partial charge in [0.05, 0.1) is 5.92 Å². The van der Waals surface area contributed by atoms with Crippen LogP contribution in [0, 0.1) is 0 Å². The largest absolute Gasteiger partial charge is 0.339 e. The van der Waals surface area contributed by atoms with Gasteiger partial charge in [0.2, 0.25) is 11.7 Å². The van der Waals surface area contributed by atoms with Crippen molar-refractivity contribution in [3.05, 3.63) is 47.9 Å². The van der Waals surface area contributed by atoms with Crippen LogP contribution in [0.5, 0.6) is 0 Å². The summed E-state index contributed by atoms with van der Waals surface area (Å²) in [5.74, 6) is 1.08. The summed E-state index contributed by atoms with van der Waals surface area (Å²) in [6, 6.07) is 5.58. The fraction of sp³-hybridized carbons (Fsp3) is 0.421. The number of likely N-dealkylation sites (tertiary alicyclic amines) is 1. The molecule has 1 saturated heterocycles. The standard InChI is InChI=1S/C19H22N6O2/c1-2-5-15-10-16(23-22-15)19(26)25-9-4-7-14(12-25)18-21-17(24-27-18)13-6-3-8-20-11-13/h3,6,8,10-11,14H,2,4-5,7,9,12H2,1H3,(H,22,23)/t14-/m0/s1. The molecule has 8 nitrogen and oxygen atoms in total.